The highest BCUT2D eigenvalue weighted by molar-refractivity contribution is 5.78. The van der Waals surface area contributed by atoms with Crippen LogP contribution in [0.3, 0.4) is 0 Å². The number of allylic oxidation sites excluding steroid dienone is 1. The molecule has 0 unspecified atom stereocenters. The Morgan fingerprint density at radius 2 is 1.52 bits per heavy atom. The van der Waals surface area contributed by atoms with E-state index in [0.29, 0.717) is 17.4 Å². The maximum Gasteiger partial charge on any atom is 0.248 e. The molecule has 5 rings (SSSR count). The van der Waals surface area contributed by atoms with Crippen molar-refractivity contribution >= 4 is 11.6 Å². The molecule has 0 aliphatic carbocycles. The van der Waals surface area contributed by atoms with Gasteiger partial charge in [0.15, 0.2) is 11.5 Å². The smallest absolute Gasteiger partial charge is 0.248 e. The molecule has 0 amide bonds. The maximum atomic E-state index is 5.48. The second kappa shape index (κ2) is 7.95. The van der Waals surface area contributed by atoms with Crippen LogP contribution in [-0.4, -0.2) is 34.4 Å². The first-order valence-electron chi connectivity index (χ1n) is 9.91. The first kappa shape index (κ1) is 18.9. The predicted octanol–water partition coefficient (Wildman–Crippen LogP) is 4.41. The second-order valence-electron chi connectivity index (χ2n) is 7.16. The molecule has 0 spiro atoms. The second-order valence-corrected chi connectivity index (χ2v) is 7.16. The molecule has 4 aromatic rings. The van der Waals surface area contributed by atoms with Gasteiger partial charge in [-0.2, -0.15) is 4.68 Å². The van der Waals surface area contributed by atoms with Gasteiger partial charge in [-0.3, -0.25) is 0 Å². The fraction of sp³-hybridized carbons (Fsp3) is 0.125. The Morgan fingerprint density at radius 3 is 2.26 bits per heavy atom. The first-order valence-corrected chi connectivity index (χ1v) is 9.91. The van der Waals surface area contributed by atoms with E-state index in [0.717, 1.165) is 16.8 Å². The number of nitrogens with one attached hydrogen (secondary N) is 1. The van der Waals surface area contributed by atoms with Gasteiger partial charge < -0.3 is 14.8 Å². The van der Waals surface area contributed by atoms with E-state index in [1.54, 1.807) is 18.9 Å². The van der Waals surface area contributed by atoms with Crippen LogP contribution >= 0.6 is 0 Å². The summed E-state index contributed by atoms with van der Waals surface area (Å²) < 4.78 is 12.6. The summed E-state index contributed by atoms with van der Waals surface area (Å²) in [5, 5.41) is 15.5. The van der Waals surface area contributed by atoms with Gasteiger partial charge in [-0.1, -0.05) is 65.8 Å². The largest absolute Gasteiger partial charge is 0.493 e. The third-order valence-corrected chi connectivity index (χ3v) is 5.38. The molecule has 0 saturated carbocycles. The predicted molar refractivity (Wildman–Crippen MR) is 119 cm³/mol. The molecular formula is C24H21N5O2. The molecule has 31 heavy (non-hydrogen) atoms. The van der Waals surface area contributed by atoms with Crippen molar-refractivity contribution in [2.75, 3.05) is 19.5 Å². The van der Waals surface area contributed by atoms with E-state index in [1.807, 2.05) is 36.4 Å². The number of nitrogens with zero attached hydrogens (tertiary/aromatic N) is 4. The third kappa shape index (κ3) is 3.50. The summed E-state index contributed by atoms with van der Waals surface area (Å²) in [6, 6.07) is 24.4. The molecule has 3 aromatic carbocycles. The van der Waals surface area contributed by atoms with Crippen molar-refractivity contribution in [2.45, 2.75) is 6.04 Å². The van der Waals surface area contributed by atoms with Gasteiger partial charge in [0.1, 0.15) is 6.04 Å². The van der Waals surface area contributed by atoms with Crippen LogP contribution in [0.4, 0.5) is 5.95 Å². The zero-order valence-corrected chi connectivity index (χ0v) is 17.2. The van der Waals surface area contributed by atoms with Crippen molar-refractivity contribution in [3.8, 4) is 22.6 Å². The van der Waals surface area contributed by atoms with Gasteiger partial charge in [0.25, 0.3) is 0 Å². The summed E-state index contributed by atoms with van der Waals surface area (Å²) in [5.41, 5.74) is 5.35. The molecule has 0 bridgehead atoms. The Bertz CT molecular complexity index is 1230. The third-order valence-electron chi connectivity index (χ3n) is 5.38. The van der Waals surface area contributed by atoms with E-state index < -0.39 is 0 Å². The molecule has 1 aromatic heterocycles. The number of fused-ring (bicyclic) bond motifs is 1. The van der Waals surface area contributed by atoms with E-state index in [1.165, 1.54) is 11.1 Å². The summed E-state index contributed by atoms with van der Waals surface area (Å²) in [4.78, 5) is 0. The van der Waals surface area contributed by atoms with Crippen LogP contribution in [-0.2, 0) is 0 Å². The zero-order chi connectivity index (χ0) is 21.2. The summed E-state index contributed by atoms with van der Waals surface area (Å²) in [5.74, 6) is 1.93. The average Bonchev–Trinajstić information content (AvgIpc) is 3.32. The lowest BCUT2D eigenvalue weighted by molar-refractivity contribution is 0.354. The molecule has 0 saturated heterocycles. The lowest BCUT2D eigenvalue weighted by Gasteiger charge is -2.24. The fourth-order valence-electron chi connectivity index (χ4n) is 3.77. The lowest BCUT2D eigenvalue weighted by atomic mass is 9.99. The van der Waals surface area contributed by atoms with E-state index in [9.17, 15) is 0 Å². The van der Waals surface area contributed by atoms with Crippen LogP contribution < -0.4 is 14.8 Å². The van der Waals surface area contributed by atoms with E-state index in [-0.39, 0.29) is 6.04 Å². The number of anilines is 1. The Balaban J connectivity index is 1.52. The van der Waals surface area contributed by atoms with Gasteiger partial charge in [0.05, 0.1) is 14.2 Å². The highest BCUT2D eigenvalue weighted by Gasteiger charge is 2.25. The minimum absolute atomic E-state index is 0.185. The molecule has 1 atom stereocenters. The number of aromatic nitrogens is 4. The SMILES string of the molecule is COc1ccc([C@@H]2C=C(c3ccc(-c4ccccc4)cc3)Nc3nnnn32)cc1OC. The normalized spacial score (nSPS) is 14.9. The molecule has 0 radical (unpaired) electrons. The van der Waals surface area contributed by atoms with Crippen molar-refractivity contribution in [2.24, 2.45) is 0 Å². The minimum Gasteiger partial charge on any atom is -0.493 e. The van der Waals surface area contributed by atoms with E-state index in [2.05, 4.69) is 63.3 Å². The molecule has 0 fully saturated rings. The summed E-state index contributed by atoms with van der Waals surface area (Å²) in [7, 11) is 3.25. The molecule has 1 aliphatic heterocycles. The number of ether oxygens (including phenoxy) is 2. The number of methoxy groups -OCH3 is 2. The van der Waals surface area contributed by atoms with Crippen LogP contribution in [0.15, 0.2) is 78.9 Å². The lowest BCUT2D eigenvalue weighted by Crippen LogP contribution is -2.20. The Labute approximate surface area is 179 Å². The van der Waals surface area contributed by atoms with Crippen LogP contribution in [0, 0.1) is 0 Å². The van der Waals surface area contributed by atoms with E-state index in [4.69, 9.17) is 9.47 Å². The number of tetrazole rings is 1. The first-order chi connectivity index (χ1) is 15.3. The molecule has 2 heterocycles. The molecule has 154 valence electrons. The highest BCUT2D eigenvalue weighted by Crippen LogP contribution is 2.36. The number of benzene rings is 3. The summed E-state index contributed by atoms with van der Waals surface area (Å²) >= 11 is 0. The Morgan fingerprint density at radius 1 is 0.806 bits per heavy atom. The highest BCUT2D eigenvalue weighted by atomic mass is 16.5. The summed E-state index contributed by atoms with van der Waals surface area (Å²) in [6.45, 7) is 0. The van der Waals surface area contributed by atoms with Gasteiger partial charge in [0, 0.05) is 5.70 Å². The van der Waals surface area contributed by atoms with Crippen LogP contribution in [0.5, 0.6) is 11.5 Å². The quantitative estimate of drug-likeness (QED) is 0.524. The number of rotatable bonds is 5. The van der Waals surface area contributed by atoms with Crippen molar-refractivity contribution < 1.29 is 9.47 Å². The average molecular weight is 411 g/mol. The Hall–Kier alpha value is -4.13. The monoisotopic (exact) mass is 411 g/mol. The van der Waals surface area contributed by atoms with Crippen LogP contribution in [0.2, 0.25) is 0 Å². The molecule has 1 N–H and O–H groups in total. The van der Waals surface area contributed by atoms with Crippen molar-refractivity contribution in [3.05, 3.63) is 90.0 Å². The van der Waals surface area contributed by atoms with Gasteiger partial charge >= 0.3 is 0 Å². The number of hydrogen-bond donors (Lipinski definition) is 1. The van der Waals surface area contributed by atoms with Crippen molar-refractivity contribution in [3.63, 3.8) is 0 Å². The number of hydrogen-bond acceptors (Lipinski definition) is 6. The maximum absolute atomic E-state index is 5.48. The van der Waals surface area contributed by atoms with Gasteiger partial charge in [0.2, 0.25) is 5.95 Å². The Kier molecular flexibility index (Phi) is 4.84. The zero-order valence-electron chi connectivity index (χ0n) is 17.2. The molecule has 1 aliphatic rings. The van der Waals surface area contributed by atoms with Crippen molar-refractivity contribution in [1.29, 1.82) is 0 Å². The fourth-order valence-corrected chi connectivity index (χ4v) is 3.77. The topological polar surface area (TPSA) is 74.1 Å². The minimum atomic E-state index is -0.185. The molecule has 7 nitrogen and oxygen atoms in total. The molecular weight excluding hydrogens is 390 g/mol. The van der Waals surface area contributed by atoms with Crippen molar-refractivity contribution in [1.82, 2.24) is 20.2 Å². The molecule has 7 heteroatoms. The van der Waals surface area contributed by atoms with Crippen LogP contribution in [0.25, 0.3) is 16.8 Å². The van der Waals surface area contributed by atoms with E-state index >= 15 is 0 Å². The summed E-state index contributed by atoms with van der Waals surface area (Å²) in [6.07, 6.45) is 2.11. The van der Waals surface area contributed by atoms with Crippen LogP contribution in [0.1, 0.15) is 17.2 Å². The standard InChI is InChI=1S/C24H21N5O2/c1-30-22-13-12-19(14-23(22)31-2)21-15-20(25-24-26-27-28-29(21)24)18-10-8-17(9-11-18)16-6-4-3-5-7-16/h3-15,21H,1-2H3,(H,25,26,28)/t21-/m0/s1. The van der Waals surface area contributed by atoms with Gasteiger partial charge in [-0.05, 0) is 50.9 Å². The van der Waals surface area contributed by atoms with Gasteiger partial charge in [-0.15, -0.1) is 0 Å². The van der Waals surface area contributed by atoms with Gasteiger partial charge in [-0.25, -0.2) is 0 Å².